The van der Waals surface area contributed by atoms with Crippen molar-refractivity contribution in [3.05, 3.63) is 46.3 Å². The van der Waals surface area contributed by atoms with Gasteiger partial charge in [0.2, 0.25) is 5.76 Å². The van der Waals surface area contributed by atoms with Crippen LogP contribution in [0.1, 0.15) is 0 Å². The molecule has 1 aromatic rings. The summed E-state index contributed by atoms with van der Waals surface area (Å²) in [6, 6.07) is 7.53. The van der Waals surface area contributed by atoms with Crippen LogP contribution >= 0.6 is 0 Å². The molecule has 6 nitrogen and oxygen atoms in total. The van der Waals surface area contributed by atoms with Gasteiger partial charge in [0, 0.05) is 20.2 Å². The van der Waals surface area contributed by atoms with E-state index >= 15 is 0 Å². The van der Waals surface area contributed by atoms with Crippen LogP contribution in [0.5, 0.6) is 5.75 Å². The molecule has 6 heteroatoms. The maximum absolute atomic E-state index is 10.5. The molecule has 0 fully saturated rings. The smallest absolute Gasteiger partial charge is 0.273 e. The van der Waals surface area contributed by atoms with Gasteiger partial charge < -0.3 is 9.64 Å². The van der Waals surface area contributed by atoms with Crippen LogP contribution in [0.25, 0.3) is 0 Å². The number of nitro groups is 1. The molecule has 0 spiro atoms. The predicted molar refractivity (Wildman–Crippen MR) is 61.1 cm³/mol. The van der Waals surface area contributed by atoms with E-state index in [0.29, 0.717) is 0 Å². The number of hydrogen-bond acceptors (Lipinski definition) is 5. The van der Waals surface area contributed by atoms with Crippen molar-refractivity contribution >= 4 is 5.69 Å². The zero-order valence-corrected chi connectivity index (χ0v) is 9.45. The molecule has 0 bridgehead atoms. The van der Waals surface area contributed by atoms with Gasteiger partial charge in [-0.25, -0.2) is 0 Å². The molecular weight excluding hydrogens is 222 g/mol. The van der Waals surface area contributed by atoms with E-state index < -0.39 is 4.92 Å². The number of nitrogens with zero attached hydrogens (tertiary/aromatic N) is 3. The van der Waals surface area contributed by atoms with Crippen molar-refractivity contribution < 1.29 is 9.66 Å². The Morgan fingerprint density at radius 1 is 1.59 bits per heavy atom. The van der Waals surface area contributed by atoms with Crippen molar-refractivity contribution in [3.63, 3.8) is 0 Å². The Labute approximate surface area is 98.5 Å². The number of nitro benzene ring substituents is 1. The summed E-state index contributed by atoms with van der Waals surface area (Å²) in [4.78, 5) is 11.7. The summed E-state index contributed by atoms with van der Waals surface area (Å²) >= 11 is 0. The van der Waals surface area contributed by atoms with E-state index in [1.54, 1.807) is 25.1 Å². The number of allylic oxidation sites excluding steroid dienone is 1. The number of rotatable bonds is 4. The minimum absolute atomic E-state index is 0.0653. The van der Waals surface area contributed by atoms with Gasteiger partial charge in [-0.3, -0.25) is 10.1 Å². The molecule has 0 aliphatic rings. The lowest BCUT2D eigenvalue weighted by atomic mass is 10.3. The third-order valence-corrected chi connectivity index (χ3v) is 1.74. The van der Waals surface area contributed by atoms with Crippen LogP contribution in [0.15, 0.2) is 36.2 Å². The Kier molecular flexibility index (Phi) is 4.06. The van der Waals surface area contributed by atoms with Gasteiger partial charge in [0.15, 0.2) is 0 Å². The lowest BCUT2D eigenvalue weighted by molar-refractivity contribution is -0.384. The fraction of sp³-hybridized carbons (Fsp3) is 0.182. The molecule has 0 heterocycles. The van der Waals surface area contributed by atoms with E-state index in [9.17, 15) is 10.1 Å². The quantitative estimate of drug-likeness (QED) is 0.343. The molecule has 0 saturated heterocycles. The van der Waals surface area contributed by atoms with E-state index in [-0.39, 0.29) is 17.2 Å². The number of ether oxygens (including phenoxy) is 1. The second-order valence-electron chi connectivity index (χ2n) is 3.43. The molecule has 0 aliphatic carbocycles. The standard InChI is InChI=1S/C11H11N3O3/c1-13(2)8-11(7-12)17-10-5-3-4-9(6-10)14(15)16/h3-6,8H,1-2H3/b11-8+. The van der Waals surface area contributed by atoms with E-state index in [4.69, 9.17) is 10.00 Å². The molecule has 17 heavy (non-hydrogen) atoms. The number of non-ortho nitro benzene ring substituents is 1. The van der Waals surface area contributed by atoms with Gasteiger partial charge in [-0.05, 0) is 6.07 Å². The first-order valence-electron chi connectivity index (χ1n) is 4.73. The van der Waals surface area contributed by atoms with E-state index in [2.05, 4.69) is 0 Å². The van der Waals surface area contributed by atoms with Crippen LogP contribution in [-0.2, 0) is 0 Å². The van der Waals surface area contributed by atoms with Crippen LogP contribution in [0.3, 0.4) is 0 Å². The molecule has 0 saturated carbocycles. The van der Waals surface area contributed by atoms with Gasteiger partial charge in [-0.2, -0.15) is 5.26 Å². The SMILES string of the molecule is CN(C)/C=C(\C#N)Oc1cccc([N+](=O)[O-])c1. The summed E-state index contributed by atoms with van der Waals surface area (Å²) in [5, 5.41) is 19.4. The number of nitriles is 1. The molecule has 0 unspecified atom stereocenters. The lowest BCUT2D eigenvalue weighted by Crippen LogP contribution is -2.05. The number of hydrogen-bond donors (Lipinski definition) is 0. The van der Waals surface area contributed by atoms with Crippen LogP contribution in [0.2, 0.25) is 0 Å². The van der Waals surface area contributed by atoms with Crippen molar-refractivity contribution in [2.45, 2.75) is 0 Å². The van der Waals surface area contributed by atoms with Crippen molar-refractivity contribution in [1.82, 2.24) is 4.90 Å². The van der Waals surface area contributed by atoms with E-state index in [1.165, 1.54) is 24.4 Å². The average molecular weight is 233 g/mol. The molecule has 0 radical (unpaired) electrons. The first-order valence-corrected chi connectivity index (χ1v) is 4.73. The Hall–Kier alpha value is -2.55. The summed E-state index contributed by atoms with van der Waals surface area (Å²) in [6.07, 6.45) is 1.48. The summed E-state index contributed by atoms with van der Waals surface area (Å²) in [7, 11) is 3.49. The highest BCUT2D eigenvalue weighted by atomic mass is 16.6. The highest BCUT2D eigenvalue weighted by molar-refractivity contribution is 5.39. The summed E-state index contributed by atoms with van der Waals surface area (Å²) in [6.45, 7) is 0. The lowest BCUT2D eigenvalue weighted by Gasteiger charge is -2.07. The summed E-state index contributed by atoms with van der Waals surface area (Å²) in [5.41, 5.74) is -0.0790. The molecule has 0 aromatic heterocycles. The minimum Gasteiger partial charge on any atom is -0.444 e. The van der Waals surface area contributed by atoms with Gasteiger partial charge in [-0.1, -0.05) is 6.07 Å². The van der Waals surface area contributed by atoms with Gasteiger partial charge in [0.25, 0.3) is 5.69 Å². The predicted octanol–water partition coefficient (Wildman–Crippen LogP) is 1.90. The van der Waals surface area contributed by atoms with Crippen molar-refractivity contribution in [3.8, 4) is 11.8 Å². The Morgan fingerprint density at radius 2 is 2.29 bits per heavy atom. The fourth-order valence-electron chi connectivity index (χ4n) is 1.10. The molecule has 0 N–H and O–H groups in total. The molecule has 0 atom stereocenters. The molecular formula is C11H11N3O3. The first kappa shape index (κ1) is 12.5. The maximum Gasteiger partial charge on any atom is 0.273 e. The third-order valence-electron chi connectivity index (χ3n) is 1.74. The molecule has 88 valence electrons. The van der Waals surface area contributed by atoms with Crippen molar-refractivity contribution in [2.75, 3.05) is 14.1 Å². The largest absolute Gasteiger partial charge is 0.444 e. The van der Waals surface area contributed by atoms with Gasteiger partial charge in [0.1, 0.15) is 11.8 Å². The fourth-order valence-corrected chi connectivity index (χ4v) is 1.10. The average Bonchev–Trinajstić information content (AvgIpc) is 2.28. The normalized spacial score (nSPS) is 10.5. The Balaban J connectivity index is 2.92. The van der Waals surface area contributed by atoms with Crippen LogP contribution in [-0.4, -0.2) is 23.9 Å². The molecule has 0 amide bonds. The van der Waals surface area contributed by atoms with E-state index in [1.807, 2.05) is 6.07 Å². The van der Waals surface area contributed by atoms with Gasteiger partial charge in [-0.15, -0.1) is 0 Å². The molecule has 1 aromatic carbocycles. The van der Waals surface area contributed by atoms with Crippen LogP contribution < -0.4 is 4.74 Å². The highest BCUT2D eigenvalue weighted by Gasteiger charge is 2.07. The zero-order chi connectivity index (χ0) is 12.8. The second kappa shape index (κ2) is 5.51. The monoisotopic (exact) mass is 233 g/mol. The maximum atomic E-state index is 10.5. The van der Waals surface area contributed by atoms with Crippen molar-refractivity contribution in [2.24, 2.45) is 0 Å². The van der Waals surface area contributed by atoms with Crippen molar-refractivity contribution in [1.29, 1.82) is 5.26 Å². The summed E-state index contributed by atoms with van der Waals surface area (Å²) in [5.74, 6) is 0.323. The zero-order valence-electron chi connectivity index (χ0n) is 9.45. The highest BCUT2D eigenvalue weighted by Crippen LogP contribution is 2.20. The molecule has 1 rings (SSSR count). The molecule has 0 aliphatic heterocycles. The van der Waals surface area contributed by atoms with Gasteiger partial charge in [0.05, 0.1) is 17.2 Å². The van der Waals surface area contributed by atoms with E-state index in [0.717, 1.165) is 0 Å². The Bertz CT molecular complexity index is 489. The third kappa shape index (κ3) is 3.83. The topological polar surface area (TPSA) is 79.4 Å². The first-order chi connectivity index (χ1) is 8.02. The van der Waals surface area contributed by atoms with Crippen LogP contribution in [0.4, 0.5) is 5.69 Å². The van der Waals surface area contributed by atoms with Gasteiger partial charge >= 0.3 is 0 Å². The van der Waals surface area contributed by atoms with Crippen LogP contribution in [0, 0.1) is 21.4 Å². The second-order valence-corrected chi connectivity index (χ2v) is 3.43. The number of benzene rings is 1. The summed E-state index contributed by atoms with van der Waals surface area (Å²) < 4.78 is 5.22. The minimum atomic E-state index is -0.519. The Morgan fingerprint density at radius 3 is 2.82 bits per heavy atom.